The van der Waals surface area contributed by atoms with Crippen LogP contribution >= 0.6 is 23.1 Å². The molecular formula is C19H24N2O4S3. The molecule has 1 amide bonds. The monoisotopic (exact) mass is 440 g/mol. The number of hydrogen-bond donors (Lipinski definition) is 1. The van der Waals surface area contributed by atoms with Gasteiger partial charge in [0.25, 0.3) is 0 Å². The highest BCUT2D eigenvalue weighted by molar-refractivity contribution is 7.98. The zero-order valence-electron chi connectivity index (χ0n) is 15.7. The van der Waals surface area contributed by atoms with Gasteiger partial charge in [-0.25, -0.2) is 8.42 Å². The standard InChI is InChI=1S/C19H24N2O4S3/c1-25-15-6-8-17(9-7-15)28(23,24)21-11-2-5-18(21)19(22)20-10-13-26-14-16-4-3-12-27-16/h3-4,6-9,12,18H,2,5,10-11,13-14H2,1H3,(H,20,22)/t18-/m0/s1. The van der Waals surface area contributed by atoms with Gasteiger partial charge in [-0.2, -0.15) is 16.1 Å². The van der Waals surface area contributed by atoms with E-state index in [2.05, 4.69) is 16.8 Å². The van der Waals surface area contributed by atoms with E-state index < -0.39 is 16.1 Å². The van der Waals surface area contributed by atoms with E-state index in [-0.39, 0.29) is 10.8 Å². The number of carbonyl (C=O) groups excluding carboxylic acids is 1. The first kappa shape index (κ1) is 21.2. The van der Waals surface area contributed by atoms with Gasteiger partial charge in [-0.15, -0.1) is 11.3 Å². The number of ether oxygens (including phenoxy) is 1. The second-order valence-electron chi connectivity index (χ2n) is 6.37. The number of nitrogens with zero attached hydrogens (tertiary/aromatic N) is 1. The molecule has 2 aromatic rings. The van der Waals surface area contributed by atoms with Gasteiger partial charge in [0.2, 0.25) is 15.9 Å². The molecule has 1 fully saturated rings. The Bertz CT molecular complexity index is 867. The molecule has 28 heavy (non-hydrogen) atoms. The summed E-state index contributed by atoms with van der Waals surface area (Å²) in [7, 11) is -2.18. The van der Waals surface area contributed by atoms with Crippen LogP contribution in [0, 0.1) is 0 Å². The third-order valence-electron chi connectivity index (χ3n) is 4.54. The van der Waals surface area contributed by atoms with Crippen molar-refractivity contribution < 1.29 is 17.9 Å². The summed E-state index contributed by atoms with van der Waals surface area (Å²) < 4.78 is 32.3. The van der Waals surface area contributed by atoms with Gasteiger partial charge in [-0.3, -0.25) is 4.79 Å². The summed E-state index contributed by atoms with van der Waals surface area (Å²) in [5.41, 5.74) is 0. The van der Waals surface area contributed by atoms with Crippen molar-refractivity contribution in [2.24, 2.45) is 0 Å². The van der Waals surface area contributed by atoms with E-state index in [1.54, 1.807) is 35.2 Å². The zero-order chi connectivity index (χ0) is 20.0. The molecule has 2 heterocycles. The Balaban J connectivity index is 1.54. The molecule has 0 aliphatic carbocycles. The number of carbonyl (C=O) groups is 1. The van der Waals surface area contributed by atoms with Crippen LogP contribution in [-0.2, 0) is 20.6 Å². The second kappa shape index (κ2) is 9.78. The van der Waals surface area contributed by atoms with Crippen LogP contribution in [0.25, 0.3) is 0 Å². The van der Waals surface area contributed by atoms with Crippen molar-refractivity contribution in [2.45, 2.75) is 29.5 Å². The van der Waals surface area contributed by atoms with E-state index in [9.17, 15) is 13.2 Å². The number of hydrogen-bond acceptors (Lipinski definition) is 6. The largest absolute Gasteiger partial charge is 0.497 e. The molecule has 1 N–H and O–H groups in total. The Morgan fingerprint density at radius 3 is 2.79 bits per heavy atom. The molecule has 3 rings (SSSR count). The zero-order valence-corrected chi connectivity index (χ0v) is 18.1. The lowest BCUT2D eigenvalue weighted by atomic mass is 10.2. The quantitative estimate of drug-likeness (QED) is 0.607. The fourth-order valence-electron chi connectivity index (χ4n) is 3.10. The van der Waals surface area contributed by atoms with Gasteiger partial charge in [-0.05, 0) is 48.6 Å². The number of methoxy groups -OCH3 is 1. The fraction of sp³-hybridized carbons (Fsp3) is 0.421. The lowest BCUT2D eigenvalue weighted by Gasteiger charge is -2.23. The third kappa shape index (κ3) is 5.08. The summed E-state index contributed by atoms with van der Waals surface area (Å²) in [6, 6.07) is 9.74. The van der Waals surface area contributed by atoms with E-state index >= 15 is 0 Å². The number of amides is 1. The van der Waals surface area contributed by atoms with Crippen LogP contribution in [0.3, 0.4) is 0 Å². The third-order valence-corrected chi connectivity index (χ3v) is 8.53. The molecular weight excluding hydrogens is 416 g/mol. The number of rotatable bonds is 9. The van der Waals surface area contributed by atoms with Crippen LogP contribution in [0.4, 0.5) is 0 Å². The van der Waals surface area contributed by atoms with E-state index in [1.807, 2.05) is 6.07 Å². The molecule has 1 aromatic carbocycles. The predicted molar refractivity (Wildman–Crippen MR) is 113 cm³/mol. The van der Waals surface area contributed by atoms with E-state index in [4.69, 9.17) is 4.74 Å². The SMILES string of the molecule is COc1ccc(S(=O)(=O)N2CCC[C@H]2C(=O)NCCSCc2cccs2)cc1. The minimum atomic E-state index is -3.71. The summed E-state index contributed by atoms with van der Waals surface area (Å²) >= 11 is 3.48. The number of benzene rings is 1. The van der Waals surface area contributed by atoms with Crippen molar-refractivity contribution in [1.29, 1.82) is 0 Å². The van der Waals surface area contributed by atoms with Crippen molar-refractivity contribution in [3.05, 3.63) is 46.7 Å². The van der Waals surface area contributed by atoms with Crippen LogP contribution in [0.1, 0.15) is 17.7 Å². The summed E-state index contributed by atoms with van der Waals surface area (Å²) in [5.74, 6) is 2.09. The molecule has 1 aromatic heterocycles. The Morgan fingerprint density at radius 2 is 2.11 bits per heavy atom. The molecule has 1 aliphatic heterocycles. The van der Waals surface area contributed by atoms with E-state index in [1.165, 1.54) is 28.4 Å². The van der Waals surface area contributed by atoms with Crippen LogP contribution in [0.15, 0.2) is 46.7 Å². The van der Waals surface area contributed by atoms with E-state index in [0.717, 1.165) is 11.5 Å². The smallest absolute Gasteiger partial charge is 0.243 e. The van der Waals surface area contributed by atoms with Gasteiger partial charge >= 0.3 is 0 Å². The molecule has 0 saturated carbocycles. The van der Waals surface area contributed by atoms with Gasteiger partial charge in [0.05, 0.1) is 12.0 Å². The molecule has 1 atom stereocenters. The van der Waals surface area contributed by atoms with Crippen LogP contribution in [0.2, 0.25) is 0 Å². The van der Waals surface area contributed by atoms with Gasteiger partial charge in [0.1, 0.15) is 11.8 Å². The first-order chi connectivity index (χ1) is 13.5. The number of thiophene rings is 1. The van der Waals surface area contributed by atoms with Crippen molar-refractivity contribution >= 4 is 39.0 Å². The molecule has 6 nitrogen and oxygen atoms in total. The minimum absolute atomic E-state index is 0.180. The molecule has 0 unspecified atom stereocenters. The Labute approximate surface area is 174 Å². The molecule has 9 heteroatoms. The second-order valence-corrected chi connectivity index (χ2v) is 10.4. The average molecular weight is 441 g/mol. The van der Waals surface area contributed by atoms with Gasteiger partial charge < -0.3 is 10.1 Å². The maximum absolute atomic E-state index is 13.0. The first-order valence-corrected chi connectivity index (χ1v) is 12.5. The Kier molecular flexibility index (Phi) is 7.39. The lowest BCUT2D eigenvalue weighted by molar-refractivity contribution is -0.124. The Hall–Kier alpha value is -1.55. The predicted octanol–water partition coefficient (Wildman–Crippen LogP) is 2.96. The highest BCUT2D eigenvalue weighted by Gasteiger charge is 2.39. The molecule has 0 bridgehead atoms. The van der Waals surface area contributed by atoms with Crippen molar-refractivity contribution in [2.75, 3.05) is 26.0 Å². The van der Waals surface area contributed by atoms with Crippen molar-refractivity contribution in [3.8, 4) is 5.75 Å². The number of sulfonamides is 1. The number of thioether (sulfide) groups is 1. The van der Waals surface area contributed by atoms with E-state index in [0.29, 0.717) is 31.7 Å². The van der Waals surface area contributed by atoms with Gasteiger partial charge in [0, 0.05) is 29.5 Å². The Morgan fingerprint density at radius 1 is 1.32 bits per heavy atom. The van der Waals surface area contributed by atoms with Crippen LogP contribution in [-0.4, -0.2) is 50.6 Å². The van der Waals surface area contributed by atoms with Gasteiger partial charge in [-0.1, -0.05) is 6.07 Å². The summed E-state index contributed by atoms with van der Waals surface area (Å²) in [4.78, 5) is 14.1. The van der Waals surface area contributed by atoms with Crippen LogP contribution in [0.5, 0.6) is 5.75 Å². The average Bonchev–Trinajstić information content (AvgIpc) is 3.40. The van der Waals surface area contributed by atoms with Crippen molar-refractivity contribution in [3.63, 3.8) is 0 Å². The number of nitrogens with one attached hydrogen (secondary N) is 1. The molecule has 1 aliphatic rings. The fourth-order valence-corrected chi connectivity index (χ4v) is 6.46. The highest BCUT2D eigenvalue weighted by atomic mass is 32.2. The molecule has 0 spiro atoms. The minimum Gasteiger partial charge on any atom is -0.497 e. The van der Waals surface area contributed by atoms with Crippen LogP contribution < -0.4 is 10.1 Å². The normalized spacial score (nSPS) is 17.5. The van der Waals surface area contributed by atoms with Gasteiger partial charge in [0.15, 0.2) is 0 Å². The maximum atomic E-state index is 13.0. The first-order valence-electron chi connectivity index (χ1n) is 9.06. The van der Waals surface area contributed by atoms with Crippen molar-refractivity contribution in [1.82, 2.24) is 9.62 Å². The molecule has 1 saturated heterocycles. The summed E-state index contributed by atoms with van der Waals surface area (Å²) in [5, 5.41) is 4.95. The summed E-state index contributed by atoms with van der Waals surface area (Å²) in [6.07, 6.45) is 1.23. The molecule has 0 radical (unpaired) electrons. The maximum Gasteiger partial charge on any atom is 0.243 e. The summed E-state index contributed by atoms with van der Waals surface area (Å²) in [6.45, 7) is 0.890. The molecule has 152 valence electrons. The lowest BCUT2D eigenvalue weighted by Crippen LogP contribution is -2.46. The topological polar surface area (TPSA) is 75.7 Å². The highest BCUT2D eigenvalue weighted by Crippen LogP contribution is 2.27.